The number of rotatable bonds is 6. The maximum Gasteiger partial charge on any atom is 0.160 e. The zero-order valence-electron chi connectivity index (χ0n) is 16.3. The number of benzene rings is 2. The Bertz CT molecular complexity index is 809. The third-order valence-electron chi connectivity index (χ3n) is 5.54. The second kappa shape index (κ2) is 8.44. The molecule has 27 heavy (non-hydrogen) atoms. The van der Waals surface area contributed by atoms with Crippen molar-refractivity contribution >= 4 is 10.8 Å². The first-order valence-corrected chi connectivity index (χ1v) is 11.0. The number of phenolic OH excluding ortho intramolecular Hbond substituents is 1. The fourth-order valence-electron chi connectivity index (χ4n) is 3.85. The number of aromatic hydroxyl groups is 1. The van der Waals surface area contributed by atoms with Gasteiger partial charge in [0, 0.05) is 22.3 Å². The van der Waals surface area contributed by atoms with Crippen LogP contribution in [0.4, 0.5) is 0 Å². The summed E-state index contributed by atoms with van der Waals surface area (Å²) >= 11 is 0. The summed E-state index contributed by atoms with van der Waals surface area (Å²) in [5.74, 6) is 0.992. The van der Waals surface area contributed by atoms with Crippen LogP contribution in [0.2, 0.25) is 0 Å². The molecule has 5 heteroatoms. The summed E-state index contributed by atoms with van der Waals surface area (Å²) in [4.78, 5) is 0.696. The molecule has 0 radical (unpaired) electrons. The van der Waals surface area contributed by atoms with E-state index in [-0.39, 0.29) is 17.3 Å². The molecule has 0 aliphatic carbocycles. The summed E-state index contributed by atoms with van der Waals surface area (Å²) < 4.78 is 18.6. The van der Waals surface area contributed by atoms with Crippen LogP contribution in [0.25, 0.3) is 0 Å². The van der Waals surface area contributed by atoms with Gasteiger partial charge in [0.25, 0.3) is 0 Å². The number of phenols is 1. The minimum atomic E-state index is -1.20. The molecule has 3 rings (SSSR count). The fraction of sp³-hybridized carbons (Fsp3) is 0.455. The van der Waals surface area contributed by atoms with Gasteiger partial charge in [-0.15, -0.1) is 0 Å². The largest absolute Gasteiger partial charge is 0.504 e. The van der Waals surface area contributed by atoms with E-state index >= 15 is 0 Å². The van der Waals surface area contributed by atoms with Crippen LogP contribution >= 0.6 is 0 Å². The first-order chi connectivity index (χ1) is 13.0. The number of fused-ring (bicyclic) bond motifs is 1. The molecule has 0 fully saturated rings. The number of methoxy groups -OCH3 is 1. The first kappa shape index (κ1) is 19.9. The molecule has 2 aromatic carbocycles. The van der Waals surface area contributed by atoms with Gasteiger partial charge in [-0.1, -0.05) is 57.0 Å². The zero-order chi connectivity index (χ0) is 19.4. The second-order valence-corrected chi connectivity index (χ2v) is 8.70. The van der Waals surface area contributed by atoms with Crippen LogP contribution in [0, 0.1) is 0 Å². The van der Waals surface area contributed by atoms with Crippen molar-refractivity contribution in [3.8, 4) is 11.5 Å². The van der Waals surface area contributed by atoms with Crippen molar-refractivity contribution in [3.05, 3.63) is 53.6 Å². The molecule has 0 spiro atoms. The molecule has 1 aliphatic rings. The quantitative estimate of drug-likeness (QED) is 0.764. The van der Waals surface area contributed by atoms with Gasteiger partial charge in [0.05, 0.1) is 24.0 Å². The van der Waals surface area contributed by atoms with Crippen molar-refractivity contribution in [1.29, 1.82) is 0 Å². The van der Waals surface area contributed by atoms with E-state index in [0.717, 1.165) is 36.8 Å². The van der Waals surface area contributed by atoms with E-state index in [9.17, 15) is 9.32 Å². The molecule has 1 heterocycles. The van der Waals surface area contributed by atoms with Gasteiger partial charge >= 0.3 is 0 Å². The van der Waals surface area contributed by atoms with Gasteiger partial charge in [0.1, 0.15) is 0 Å². The smallest absolute Gasteiger partial charge is 0.160 e. The first-order valence-electron chi connectivity index (χ1n) is 9.65. The lowest BCUT2D eigenvalue weighted by Crippen LogP contribution is -2.49. The van der Waals surface area contributed by atoms with Crippen molar-refractivity contribution in [1.82, 2.24) is 5.32 Å². The van der Waals surface area contributed by atoms with Gasteiger partial charge in [-0.05, 0) is 30.0 Å². The molecule has 0 saturated heterocycles. The Morgan fingerprint density at radius 3 is 2.63 bits per heavy atom. The minimum absolute atomic E-state index is 0.0361. The lowest BCUT2D eigenvalue weighted by atomic mass is 9.88. The van der Waals surface area contributed by atoms with Gasteiger partial charge in [-0.3, -0.25) is 9.53 Å². The average molecular weight is 388 g/mol. The van der Waals surface area contributed by atoms with E-state index in [0.29, 0.717) is 16.4 Å². The van der Waals surface area contributed by atoms with Crippen LogP contribution in [-0.4, -0.2) is 27.7 Å². The number of hydrogen-bond acceptors (Lipinski definition) is 4. The summed E-state index contributed by atoms with van der Waals surface area (Å²) in [6.07, 6.45) is 4.07. The minimum Gasteiger partial charge on any atom is -0.504 e. The summed E-state index contributed by atoms with van der Waals surface area (Å²) in [5.41, 5.74) is 1.84. The Hall–Kier alpha value is -1.85. The lowest BCUT2D eigenvalue weighted by Gasteiger charge is -2.36. The standard InChI is InChI=1S/C22H29NO3S/c1-4-6-12-22(5-2)15-27(25)20-14-18(24)19(26-3)13-17(20)21(23-22)16-10-8-7-9-11-16/h7-11,13-14,21,23-24H,4-6,12,15H2,1-3H3/t21-,22-,27+/m1/s1. The lowest BCUT2D eigenvalue weighted by molar-refractivity contribution is 0.296. The van der Waals surface area contributed by atoms with Crippen LogP contribution < -0.4 is 10.1 Å². The van der Waals surface area contributed by atoms with Crippen molar-refractivity contribution < 1.29 is 14.1 Å². The summed E-state index contributed by atoms with van der Waals surface area (Å²) in [6, 6.07) is 13.6. The average Bonchev–Trinajstić information content (AvgIpc) is 2.81. The Kier molecular flexibility index (Phi) is 6.22. The van der Waals surface area contributed by atoms with Crippen molar-refractivity contribution in [2.45, 2.75) is 56.0 Å². The highest BCUT2D eigenvalue weighted by Crippen LogP contribution is 2.41. The molecule has 146 valence electrons. The van der Waals surface area contributed by atoms with Crippen molar-refractivity contribution in [2.75, 3.05) is 12.9 Å². The van der Waals surface area contributed by atoms with E-state index in [2.05, 4.69) is 31.3 Å². The molecule has 2 N–H and O–H groups in total. The summed E-state index contributed by atoms with van der Waals surface area (Å²) in [6.45, 7) is 4.35. The van der Waals surface area contributed by atoms with Crippen LogP contribution in [0.1, 0.15) is 56.7 Å². The van der Waals surface area contributed by atoms with E-state index in [1.807, 2.05) is 24.3 Å². The Labute approximate surface area is 164 Å². The molecule has 0 saturated carbocycles. The monoisotopic (exact) mass is 387 g/mol. The molecular formula is C22H29NO3S. The highest BCUT2D eigenvalue weighted by molar-refractivity contribution is 7.85. The van der Waals surface area contributed by atoms with Crippen molar-refractivity contribution in [3.63, 3.8) is 0 Å². The fourth-order valence-corrected chi connectivity index (χ4v) is 5.63. The summed E-state index contributed by atoms with van der Waals surface area (Å²) in [5, 5.41) is 14.1. The van der Waals surface area contributed by atoms with E-state index in [1.165, 1.54) is 7.11 Å². The van der Waals surface area contributed by atoms with Gasteiger partial charge in [-0.2, -0.15) is 0 Å². The van der Waals surface area contributed by atoms with Crippen LogP contribution in [0.3, 0.4) is 0 Å². The zero-order valence-corrected chi connectivity index (χ0v) is 17.1. The van der Waals surface area contributed by atoms with E-state index in [1.54, 1.807) is 6.07 Å². The number of nitrogens with one attached hydrogen (secondary N) is 1. The van der Waals surface area contributed by atoms with Gasteiger partial charge in [0.2, 0.25) is 0 Å². The summed E-state index contributed by atoms with van der Waals surface area (Å²) in [7, 11) is 0.341. The molecule has 0 amide bonds. The third-order valence-corrected chi connectivity index (χ3v) is 7.20. The molecule has 1 aliphatic heterocycles. The Morgan fingerprint density at radius 2 is 2.00 bits per heavy atom. The molecular weight excluding hydrogens is 358 g/mol. The van der Waals surface area contributed by atoms with Crippen LogP contribution in [0.15, 0.2) is 47.4 Å². The topological polar surface area (TPSA) is 58.6 Å². The number of unbranched alkanes of at least 4 members (excludes halogenated alkanes) is 1. The molecule has 2 aromatic rings. The van der Waals surface area contributed by atoms with Gasteiger partial charge < -0.3 is 9.84 Å². The van der Waals surface area contributed by atoms with Gasteiger partial charge in [0.15, 0.2) is 11.5 Å². The van der Waals surface area contributed by atoms with Crippen LogP contribution in [0.5, 0.6) is 11.5 Å². The van der Waals surface area contributed by atoms with E-state index < -0.39 is 10.8 Å². The number of ether oxygens (including phenoxy) is 1. The second-order valence-electron chi connectivity index (χ2n) is 7.28. The highest BCUT2D eigenvalue weighted by atomic mass is 32.2. The molecule has 3 atom stereocenters. The molecule has 0 bridgehead atoms. The maximum atomic E-state index is 13.3. The van der Waals surface area contributed by atoms with E-state index in [4.69, 9.17) is 4.74 Å². The maximum absolute atomic E-state index is 13.3. The number of hydrogen-bond donors (Lipinski definition) is 2. The van der Waals surface area contributed by atoms with Crippen LogP contribution in [-0.2, 0) is 10.8 Å². The predicted molar refractivity (Wildman–Crippen MR) is 110 cm³/mol. The predicted octanol–water partition coefficient (Wildman–Crippen LogP) is 4.54. The molecule has 0 aromatic heterocycles. The third kappa shape index (κ3) is 4.04. The van der Waals surface area contributed by atoms with Gasteiger partial charge in [-0.25, -0.2) is 0 Å². The Balaban J connectivity index is 2.17. The van der Waals surface area contributed by atoms with Crippen molar-refractivity contribution in [2.24, 2.45) is 0 Å². The molecule has 4 nitrogen and oxygen atoms in total. The normalized spacial score (nSPS) is 24.9. The molecule has 0 unspecified atom stereocenters. The highest BCUT2D eigenvalue weighted by Gasteiger charge is 2.38. The Morgan fingerprint density at radius 1 is 1.26 bits per heavy atom. The SMILES string of the molecule is CCCC[C@]1(CC)C[S@](=O)c2cc(O)c(OC)cc2[C@@H](c2ccccc2)N1.